The van der Waals surface area contributed by atoms with E-state index in [4.69, 9.17) is 15.0 Å². The van der Waals surface area contributed by atoms with Crippen LogP contribution in [0, 0.1) is 11.3 Å². The molecule has 0 aliphatic carbocycles. The van der Waals surface area contributed by atoms with Crippen molar-refractivity contribution < 1.29 is 9.53 Å². The number of benzene rings is 1. The molecule has 1 aromatic heterocycles. The average Bonchev–Trinajstić information content (AvgIpc) is 2.84. The Hall–Kier alpha value is -2.91. The number of carbonyl (C=O) groups excluding carboxylic acids is 1. The SMILES string of the molecule is CC(C)N1CCC(C)(c2cccc(C(=O)N3CCC(Oc4cccc(C#N)c4)CC3)n2)CC1. The summed E-state index contributed by atoms with van der Waals surface area (Å²) in [5.41, 5.74) is 2.18. The van der Waals surface area contributed by atoms with Crippen LogP contribution in [0.3, 0.4) is 0 Å². The standard InChI is InChI=1S/C27H34N4O2/c1-20(2)30-16-12-27(3,13-17-30)25-9-5-8-24(29-25)26(32)31-14-10-22(11-15-31)33-23-7-4-6-21(18-23)19-28/h4-9,18,20,22H,10-17H2,1-3H3. The van der Waals surface area contributed by atoms with Crippen LogP contribution in [-0.2, 0) is 5.41 Å². The summed E-state index contributed by atoms with van der Waals surface area (Å²) in [6, 6.07) is 15.8. The minimum atomic E-state index is 0.00462. The number of hydrogen-bond acceptors (Lipinski definition) is 5. The second-order valence-corrected chi connectivity index (χ2v) is 9.85. The minimum Gasteiger partial charge on any atom is -0.490 e. The number of piperidine rings is 2. The number of ether oxygens (including phenoxy) is 1. The number of likely N-dealkylation sites (tertiary alicyclic amines) is 2. The molecule has 0 saturated carbocycles. The van der Waals surface area contributed by atoms with Gasteiger partial charge < -0.3 is 14.5 Å². The quantitative estimate of drug-likeness (QED) is 0.681. The number of rotatable bonds is 5. The molecule has 0 bridgehead atoms. The molecule has 1 aromatic carbocycles. The molecule has 2 saturated heterocycles. The van der Waals surface area contributed by atoms with Crippen molar-refractivity contribution in [1.29, 1.82) is 5.26 Å². The van der Waals surface area contributed by atoms with Crippen LogP contribution in [0.15, 0.2) is 42.5 Å². The molecule has 2 aliphatic heterocycles. The Morgan fingerprint density at radius 2 is 1.82 bits per heavy atom. The molecule has 2 aliphatic rings. The maximum atomic E-state index is 13.2. The van der Waals surface area contributed by atoms with Crippen molar-refractivity contribution in [2.45, 2.75) is 64.0 Å². The van der Waals surface area contributed by atoms with Gasteiger partial charge >= 0.3 is 0 Å². The molecule has 0 atom stereocenters. The molecule has 174 valence electrons. The Kier molecular flexibility index (Phi) is 6.99. The fourth-order valence-electron chi connectivity index (χ4n) is 4.85. The third-order valence-corrected chi connectivity index (χ3v) is 7.21. The highest BCUT2D eigenvalue weighted by molar-refractivity contribution is 5.92. The normalized spacial score (nSPS) is 19.3. The van der Waals surface area contributed by atoms with Crippen molar-refractivity contribution >= 4 is 5.91 Å². The van der Waals surface area contributed by atoms with E-state index in [9.17, 15) is 4.79 Å². The Labute approximate surface area is 197 Å². The number of nitrogens with zero attached hydrogens (tertiary/aromatic N) is 4. The zero-order valence-corrected chi connectivity index (χ0v) is 20.0. The molecule has 0 radical (unpaired) electrons. The fraction of sp³-hybridized carbons (Fsp3) is 0.519. The first-order chi connectivity index (χ1) is 15.9. The van der Waals surface area contributed by atoms with E-state index >= 15 is 0 Å². The van der Waals surface area contributed by atoms with Gasteiger partial charge in [0.15, 0.2) is 0 Å². The second kappa shape index (κ2) is 9.93. The highest BCUT2D eigenvalue weighted by Gasteiger charge is 2.34. The number of amides is 1. The monoisotopic (exact) mass is 446 g/mol. The highest BCUT2D eigenvalue weighted by Crippen LogP contribution is 2.34. The van der Waals surface area contributed by atoms with Crippen molar-refractivity contribution in [2.75, 3.05) is 26.2 Å². The van der Waals surface area contributed by atoms with Crippen molar-refractivity contribution in [2.24, 2.45) is 0 Å². The third-order valence-electron chi connectivity index (χ3n) is 7.21. The Balaban J connectivity index is 1.36. The molecule has 0 spiro atoms. The lowest BCUT2D eigenvalue weighted by atomic mass is 9.77. The van der Waals surface area contributed by atoms with Crippen molar-refractivity contribution in [1.82, 2.24) is 14.8 Å². The van der Waals surface area contributed by atoms with Gasteiger partial charge in [-0.05, 0) is 70.1 Å². The molecule has 2 fully saturated rings. The van der Waals surface area contributed by atoms with Gasteiger partial charge in [-0.15, -0.1) is 0 Å². The van der Waals surface area contributed by atoms with Gasteiger partial charge in [-0.3, -0.25) is 4.79 Å². The van der Waals surface area contributed by atoms with Crippen molar-refractivity contribution in [3.8, 4) is 11.8 Å². The van der Waals surface area contributed by atoms with Crippen LogP contribution in [0.4, 0.5) is 0 Å². The molecule has 2 aromatic rings. The smallest absolute Gasteiger partial charge is 0.272 e. The van der Waals surface area contributed by atoms with Crippen LogP contribution in [0.5, 0.6) is 5.75 Å². The van der Waals surface area contributed by atoms with Gasteiger partial charge in [0.1, 0.15) is 17.5 Å². The van der Waals surface area contributed by atoms with E-state index in [1.807, 2.05) is 29.2 Å². The summed E-state index contributed by atoms with van der Waals surface area (Å²) in [7, 11) is 0. The highest BCUT2D eigenvalue weighted by atomic mass is 16.5. The van der Waals surface area contributed by atoms with Gasteiger partial charge in [0.05, 0.1) is 11.6 Å². The molecule has 1 amide bonds. The number of carbonyl (C=O) groups is 1. The van der Waals surface area contributed by atoms with E-state index < -0.39 is 0 Å². The van der Waals surface area contributed by atoms with E-state index in [1.165, 1.54) is 0 Å². The lowest BCUT2D eigenvalue weighted by Gasteiger charge is -2.41. The number of pyridine rings is 1. The Morgan fingerprint density at radius 1 is 1.12 bits per heavy atom. The van der Waals surface area contributed by atoms with E-state index in [0.29, 0.717) is 36.1 Å². The molecule has 0 unspecified atom stereocenters. The molecule has 33 heavy (non-hydrogen) atoms. The van der Waals surface area contributed by atoms with Gasteiger partial charge in [-0.1, -0.05) is 19.1 Å². The Bertz CT molecular complexity index is 1010. The first-order valence-corrected chi connectivity index (χ1v) is 12.1. The lowest BCUT2D eigenvalue weighted by Crippen LogP contribution is -2.44. The second-order valence-electron chi connectivity index (χ2n) is 9.85. The first-order valence-electron chi connectivity index (χ1n) is 12.1. The summed E-state index contributed by atoms with van der Waals surface area (Å²) >= 11 is 0. The maximum Gasteiger partial charge on any atom is 0.272 e. The number of hydrogen-bond donors (Lipinski definition) is 0. The molecule has 6 heteroatoms. The zero-order chi connectivity index (χ0) is 23.4. The lowest BCUT2D eigenvalue weighted by molar-refractivity contribution is 0.0589. The van der Waals surface area contributed by atoms with Gasteiger partial charge in [0, 0.05) is 43.1 Å². The molecule has 6 nitrogen and oxygen atoms in total. The first kappa shape index (κ1) is 23.3. The predicted octanol–water partition coefficient (Wildman–Crippen LogP) is 4.40. The van der Waals surface area contributed by atoms with Crippen LogP contribution in [-0.4, -0.2) is 59.0 Å². The van der Waals surface area contributed by atoms with Gasteiger partial charge in [0.25, 0.3) is 5.91 Å². The van der Waals surface area contributed by atoms with Gasteiger partial charge in [0.2, 0.25) is 0 Å². The van der Waals surface area contributed by atoms with Crippen LogP contribution < -0.4 is 4.74 Å². The number of aromatic nitrogens is 1. The molecular formula is C27H34N4O2. The van der Waals surface area contributed by atoms with Gasteiger partial charge in [-0.2, -0.15) is 5.26 Å². The van der Waals surface area contributed by atoms with Gasteiger partial charge in [-0.25, -0.2) is 4.98 Å². The predicted molar refractivity (Wildman–Crippen MR) is 128 cm³/mol. The van der Waals surface area contributed by atoms with Crippen molar-refractivity contribution in [3.63, 3.8) is 0 Å². The zero-order valence-electron chi connectivity index (χ0n) is 20.0. The van der Waals surface area contributed by atoms with Crippen molar-refractivity contribution in [3.05, 3.63) is 59.4 Å². The maximum absolute atomic E-state index is 13.2. The van der Waals surface area contributed by atoms with E-state index in [0.717, 1.165) is 44.5 Å². The Morgan fingerprint density at radius 3 is 2.48 bits per heavy atom. The molecule has 3 heterocycles. The average molecular weight is 447 g/mol. The topological polar surface area (TPSA) is 69.5 Å². The summed E-state index contributed by atoms with van der Waals surface area (Å²) in [6.45, 7) is 10.2. The van der Waals surface area contributed by atoms with Crippen LogP contribution in [0.2, 0.25) is 0 Å². The van der Waals surface area contributed by atoms with E-state index in [2.05, 4.69) is 37.8 Å². The summed E-state index contributed by atoms with van der Waals surface area (Å²) in [5.74, 6) is 0.718. The van der Waals surface area contributed by atoms with E-state index in [-0.39, 0.29) is 17.4 Å². The minimum absolute atomic E-state index is 0.00462. The molecular weight excluding hydrogens is 412 g/mol. The molecule has 0 N–H and O–H groups in total. The summed E-state index contributed by atoms with van der Waals surface area (Å²) in [4.78, 5) is 22.5. The largest absolute Gasteiger partial charge is 0.490 e. The summed E-state index contributed by atoms with van der Waals surface area (Å²) in [5, 5.41) is 9.07. The summed E-state index contributed by atoms with van der Waals surface area (Å²) in [6.07, 6.45) is 3.71. The van der Waals surface area contributed by atoms with Crippen LogP contribution >= 0.6 is 0 Å². The van der Waals surface area contributed by atoms with Crippen LogP contribution in [0.25, 0.3) is 0 Å². The van der Waals surface area contributed by atoms with E-state index in [1.54, 1.807) is 12.1 Å². The fourth-order valence-corrected chi connectivity index (χ4v) is 4.85. The molecule has 4 rings (SSSR count). The summed E-state index contributed by atoms with van der Waals surface area (Å²) < 4.78 is 6.06. The third kappa shape index (κ3) is 5.36. The van der Waals surface area contributed by atoms with Crippen LogP contribution in [0.1, 0.15) is 68.2 Å². The number of nitriles is 1.